The Bertz CT molecular complexity index is 458. The molecule has 1 fully saturated rings. The van der Waals surface area contributed by atoms with Crippen LogP contribution in [-0.4, -0.2) is 24.5 Å². The first-order valence-corrected chi connectivity index (χ1v) is 8.27. The Kier molecular flexibility index (Phi) is 4.02. The topological polar surface area (TPSA) is 15.3 Å². The molecule has 20 heavy (non-hydrogen) atoms. The van der Waals surface area contributed by atoms with Crippen LogP contribution in [0, 0.1) is 5.41 Å². The SMILES string of the molecule is CCC1(C)CCN(Cc2cccc3c2CCCN3)CC1. The fourth-order valence-corrected chi connectivity index (χ4v) is 3.58. The van der Waals surface area contributed by atoms with Crippen molar-refractivity contribution >= 4 is 5.69 Å². The number of fused-ring (bicyclic) bond motifs is 1. The van der Waals surface area contributed by atoms with Gasteiger partial charge in [-0.05, 0) is 61.4 Å². The zero-order chi connectivity index (χ0) is 14.0. The van der Waals surface area contributed by atoms with Crippen LogP contribution in [-0.2, 0) is 13.0 Å². The number of rotatable bonds is 3. The van der Waals surface area contributed by atoms with E-state index in [2.05, 4.69) is 42.3 Å². The Hall–Kier alpha value is -1.02. The van der Waals surface area contributed by atoms with Gasteiger partial charge >= 0.3 is 0 Å². The number of anilines is 1. The monoisotopic (exact) mass is 272 g/mol. The van der Waals surface area contributed by atoms with E-state index in [0.717, 1.165) is 13.1 Å². The number of nitrogens with zero attached hydrogens (tertiary/aromatic N) is 1. The maximum absolute atomic E-state index is 3.54. The molecule has 2 heteroatoms. The summed E-state index contributed by atoms with van der Waals surface area (Å²) in [6.07, 6.45) is 6.57. The van der Waals surface area contributed by atoms with E-state index in [1.165, 1.54) is 50.9 Å². The van der Waals surface area contributed by atoms with Gasteiger partial charge in [-0.2, -0.15) is 0 Å². The highest BCUT2D eigenvalue weighted by Crippen LogP contribution is 2.35. The molecule has 3 rings (SSSR count). The third-order valence-electron chi connectivity index (χ3n) is 5.50. The first-order valence-electron chi connectivity index (χ1n) is 8.27. The summed E-state index contributed by atoms with van der Waals surface area (Å²) in [5.41, 5.74) is 5.09. The van der Waals surface area contributed by atoms with Gasteiger partial charge in [0.05, 0.1) is 0 Å². The number of benzene rings is 1. The standard InChI is InChI=1S/C18H28N2/c1-3-18(2)9-12-20(13-10-18)14-15-6-4-8-17-16(15)7-5-11-19-17/h4,6,8,19H,3,5,7,9-14H2,1-2H3. The second-order valence-corrected chi connectivity index (χ2v) is 6.91. The third-order valence-corrected chi connectivity index (χ3v) is 5.50. The minimum absolute atomic E-state index is 0.591. The van der Waals surface area contributed by atoms with Gasteiger partial charge in [-0.25, -0.2) is 0 Å². The van der Waals surface area contributed by atoms with Crippen molar-refractivity contribution in [2.24, 2.45) is 5.41 Å². The summed E-state index contributed by atoms with van der Waals surface area (Å²) in [5, 5.41) is 3.54. The van der Waals surface area contributed by atoms with Gasteiger partial charge < -0.3 is 5.32 Å². The van der Waals surface area contributed by atoms with E-state index in [9.17, 15) is 0 Å². The average molecular weight is 272 g/mol. The van der Waals surface area contributed by atoms with Crippen molar-refractivity contribution in [1.82, 2.24) is 4.90 Å². The molecule has 1 aromatic rings. The summed E-state index contributed by atoms with van der Waals surface area (Å²) in [5.74, 6) is 0. The van der Waals surface area contributed by atoms with Crippen LogP contribution in [0.15, 0.2) is 18.2 Å². The maximum atomic E-state index is 3.54. The van der Waals surface area contributed by atoms with E-state index >= 15 is 0 Å². The molecule has 0 unspecified atom stereocenters. The second kappa shape index (κ2) is 5.77. The van der Waals surface area contributed by atoms with E-state index in [1.54, 1.807) is 11.1 Å². The van der Waals surface area contributed by atoms with Gasteiger partial charge in [0.2, 0.25) is 0 Å². The summed E-state index contributed by atoms with van der Waals surface area (Å²) >= 11 is 0. The molecule has 0 saturated carbocycles. The molecule has 0 radical (unpaired) electrons. The molecule has 0 spiro atoms. The summed E-state index contributed by atoms with van der Waals surface area (Å²) in [6.45, 7) is 9.61. The highest BCUT2D eigenvalue weighted by molar-refractivity contribution is 5.56. The van der Waals surface area contributed by atoms with Gasteiger partial charge in [-0.3, -0.25) is 4.90 Å². The van der Waals surface area contributed by atoms with Crippen molar-refractivity contribution < 1.29 is 0 Å². The summed E-state index contributed by atoms with van der Waals surface area (Å²) < 4.78 is 0. The molecule has 0 aromatic heterocycles. The average Bonchev–Trinajstić information content (AvgIpc) is 2.50. The summed E-state index contributed by atoms with van der Waals surface area (Å²) in [6, 6.07) is 6.79. The fourth-order valence-electron chi connectivity index (χ4n) is 3.58. The number of piperidine rings is 1. The van der Waals surface area contributed by atoms with Crippen molar-refractivity contribution in [3.8, 4) is 0 Å². The van der Waals surface area contributed by atoms with Crippen molar-refractivity contribution in [1.29, 1.82) is 0 Å². The van der Waals surface area contributed by atoms with Crippen molar-refractivity contribution in [2.75, 3.05) is 25.0 Å². The first-order chi connectivity index (χ1) is 9.70. The minimum atomic E-state index is 0.591. The van der Waals surface area contributed by atoms with Crippen LogP contribution in [0.1, 0.15) is 50.7 Å². The van der Waals surface area contributed by atoms with Gasteiger partial charge in [-0.15, -0.1) is 0 Å². The lowest BCUT2D eigenvalue weighted by molar-refractivity contribution is 0.109. The highest BCUT2D eigenvalue weighted by Gasteiger charge is 2.28. The lowest BCUT2D eigenvalue weighted by atomic mass is 9.78. The number of hydrogen-bond acceptors (Lipinski definition) is 2. The quantitative estimate of drug-likeness (QED) is 0.892. The van der Waals surface area contributed by atoms with Crippen LogP contribution < -0.4 is 5.32 Å². The summed E-state index contributed by atoms with van der Waals surface area (Å²) in [4.78, 5) is 2.65. The van der Waals surface area contributed by atoms with Gasteiger partial charge in [0.15, 0.2) is 0 Å². The predicted molar refractivity (Wildman–Crippen MR) is 86.2 cm³/mol. The van der Waals surface area contributed by atoms with Crippen LogP contribution >= 0.6 is 0 Å². The van der Waals surface area contributed by atoms with Crippen molar-refractivity contribution in [3.63, 3.8) is 0 Å². The number of likely N-dealkylation sites (tertiary alicyclic amines) is 1. The Labute approximate surface area is 123 Å². The highest BCUT2D eigenvalue weighted by atomic mass is 15.1. The number of hydrogen-bond donors (Lipinski definition) is 1. The summed E-state index contributed by atoms with van der Waals surface area (Å²) in [7, 11) is 0. The smallest absolute Gasteiger partial charge is 0.0375 e. The van der Waals surface area contributed by atoms with Crippen LogP contribution in [0.5, 0.6) is 0 Å². The molecule has 0 bridgehead atoms. The van der Waals surface area contributed by atoms with Crippen LogP contribution in [0.2, 0.25) is 0 Å². The Morgan fingerprint density at radius 1 is 1.25 bits per heavy atom. The number of nitrogens with one attached hydrogen (secondary N) is 1. The van der Waals surface area contributed by atoms with E-state index in [1.807, 2.05) is 0 Å². The van der Waals surface area contributed by atoms with E-state index in [4.69, 9.17) is 0 Å². The molecule has 0 aliphatic carbocycles. The third kappa shape index (κ3) is 2.85. The molecule has 2 heterocycles. The van der Waals surface area contributed by atoms with Gasteiger partial charge in [0.25, 0.3) is 0 Å². The minimum Gasteiger partial charge on any atom is -0.385 e. The van der Waals surface area contributed by atoms with Crippen LogP contribution in [0.4, 0.5) is 5.69 Å². The molecule has 0 amide bonds. The predicted octanol–water partition coefficient (Wildman–Crippen LogP) is 4.06. The van der Waals surface area contributed by atoms with Crippen LogP contribution in [0.25, 0.3) is 0 Å². The molecule has 0 atom stereocenters. The molecule has 1 saturated heterocycles. The lowest BCUT2D eigenvalue weighted by Crippen LogP contribution is -2.38. The Balaban J connectivity index is 1.67. The second-order valence-electron chi connectivity index (χ2n) is 6.91. The van der Waals surface area contributed by atoms with E-state index in [-0.39, 0.29) is 0 Å². The van der Waals surface area contributed by atoms with Gasteiger partial charge in [0, 0.05) is 18.8 Å². The van der Waals surface area contributed by atoms with E-state index in [0.29, 0.717) is 5.41 Å². The largest absolute Gasteiger partial charge is 0.385 e. The van der Waals surface area contributed by atoms with Gasteiger partial charge in [0.1, 0.15) is 0 Å². The zero-order valence-electron chi connectivity index (χ0n) is 13.0. The molecule has 2 aliphatic rings. The lowest BCUT2D eigenvalue weighted by Gasteiger charge is -2.39. The van der Waals surface area contributed by atoms with E-state index < -0.39 is 0 Å². The molecular formula is C18H28N2. The van der Waals surface area contributed by atoms with Crippen molar-refractivity contribution in [3.05, 3.63) is 29.3 Å². The first kappa shape index (κ1) is 13.9. The Morgan fingerprint density at radius 2 is 2.05 bits per heavy atom. The molecular weight excluding hydrogens is 244 g/mol. The van der Waals surface area contributed by atoms with Crippen LogP contribution in [0.3, 0.4) is 0 Å². The molecule has 1 N–H and O–H groups in total. The molecule has 1 aromatic carbocycles. The zero-order valence-corrected chi connectivity index (χ0v) is 13.0. The molecule has 2 nitrogen and oxygen atoms in total. The molecule has 110 valence electrons. The van der Waals surface area contributed by atoms with Gasteiger partial charge in [-0.1, -0.05) is 32.4 Å². The normalized spacial score (nSPS) is 22.1. The molecule has 2 aliphatic heterocycles. The maximum Gasteiger partial charge on any atom is 0.0375 e. The Morgan fingerprint density at radius 3 is 2.80 bits per heavy atom. The van der Waals surface area contributed by atoms with Crippen molar-refractivity contribution in [2.45, 2.75) is 52.5 Å². The fraction of sp³-hybridized carbons (Fsp3) is 0.667.